The van der Waals surface area contributed by atoms with E-state index < -0.39 is 0 Å². The van der Waals surface area contributed by atoms with Crippen molar-refractivity contribution in [2.75, 3.05) is 0 Å². The highest BCUT2D eigenvalue weighted by Crippen LogP contribution is 2.32. The number of phenols is 1. The number of aryl methyl sites for hydroxylation is 1. The van der Waals surface area contributed by atoms with Gasteiger partial charge in [-0.1, -0.05) is 15.9 Å². The molecule has 0 saturated heterocycles. The first kappa shape index (κ1) is 12.2. The summed E-state index contributed by atoms with van der Waals surface area (Å²) in [6.45, 7) is 2.78. The molecule has 0 radical (unpaired) electrons. The van der Waals surface area contributed by atoms with Crippen LogP contribution in [0.4, 0.5) is 0 Å². The van der Waals surface area contributed by atoms with Crippen molar-refractivity contribution in [2.24, 2.45) is 0 Å². The Labute approximate surface area is 118 Å². The smallest absolute Gasteiger partial charge is 0.160 e. The Balaban J connectivity index is 2.33. The van der Waals surface area contributed by atoms with E-state index in [0.29, 0.717) is 5.56 Å². The first-order valence-corrected chi connectivity index (χ1v) is 6.80. The van der Waals surface area contributed by atoms with Crippen molar-refractivity contribution in [3.8, 4) is 17.1 Å². The average molecular weight is 318 g/mol. The van der Waals surface area contributed by atoms with E-state index in [2.05, 4.69) is 25.9 Å². The molecule has 0 aliphatic rings. The number of imidazole rings is 1. The molecule has 19 heavy (non-hydrogen) atoms. The third-order valence-corrected chi connectivity index (χ3v) is 3.51. The molecule has 0 saturated carbocycles. The van der Waals surface area contributed by atoms with Crippen LogP contribution in [-0.4, -0.2) is 19.6 Å². The Morgan fingerprint density at radius 3 is 2.95 bits per heavy atom. The fourth-order valence-electron chi connectivity index (χ4n) is 2.15. The van der Waals surface area contributed by atoms with Crippen LogP contribution in [0, 0.1) is 0 Å². The summed E-state index contributed by atoms with van der Waals surface area (Å²) in [6, 6.07) is 9.11. The predicted molar refractivity (Wildman–Crippen MR) is 78.0 cm³/mol. The lowest BCUT2D eigenvalue weighted by molar-refractivity contribution is 0.476. The van der Waals surface area contributed by atoms with Crippen molar-refractivity contribution in [3.05, 3.63) is 41.0 Å². The Morgan fingerprint density at radius 1 is 1.32 bits per heavy atom. The Morgan fingerprint density at radius 2 is 2.16 bits per heavy atom. The number of aromatic nitrogens is 3. The minimum atomic E-state index is 0.216. The highest BCUT2D eigenvalue weighted by Gasteiger charge is 2.15. The van der Waals surface area contributed by atoms with E-state index in [-0.39, 0.29) is 5.75 Å². The molecule has 0 amide bonds. The van der Waals surface area contributed by atoms with E-state index in [1.54, 1.807) is 18.3 Å². The van der Waals surface area contributed by atoms with Gasteiger partial charge in [-0.05, 0) is 37.3 Å². The van der Waals surface area contributed by atoms with Crippen LogP contribution in [0.15, 0.2) is 41.0 Å². The van der Waals surface area contributed by atoms with Gasteiger partial charge >= 0.3 is 0 Å². The lowest BCUT2D eigenvalue weighted by Gasteiger charge is -2.07. The van der Waals surface area contributed by atoms with E-state index in [4.69, 9.17) is 0 Å². The maximum atomic E-state index is 10.0. The Hall–Kier alpha value is -1.88. The molecule has 0 fully saturated rings. The first-order chi connectivity index (χ1) is 9.20. The third-order valence-electron chi connectivity index (χ3n) is 3.02. The molecule has 0 unspecified atom stereocenters. The van der Waals surface area contributed by atoms with E-state index in [0.717, 1.165) is 28.0 Å². The number of hydrogen-bond donors (Lipinski definition) is 1. The van der Waals surface area contributed by atoms with Crippen molar-refractivity contribution < 1.29 is 5.11 Å². The fourth-order valence-corrected chi connectivity index (χ4v) is 2.51. The molecule has 2 aromatic heterocycles. The van der Waals surface area contributed by atoms with Gasteiger partial charge in [-0.3, -0.25) is 0 Å². The molecule has 0 aliphatic heterocycles. The van der Waals surface area contributed by atoms with Crippen LogP contribution in [0.5, 0.6) is 5.75 Å². The summed E-state index contributed by atoms with van der Waals surface area (Å²) in [5.41, 5.74) is 2.37. The normalized spacial score (nSPS) is 11.1. The molecule has 1 aromatic carbocycles. The predicted octanol–water partition coefficient (Wildman–Crippen LogP) is 3.59. The number of halogens is 1. The zero-order valence-electron chi connectivity index (χ0n) is 10.3. The molecule has 0 atom stereocenters. The van der Waals surface area contributed by atoms with Gasteiger partial charge in [0.05, 0.1) is 5.56 Å². The van der Waals surface area contributed by atoms with Crippen LogP contribution in [0.3, 0.4) is 0 Å². The van der Waals surface area contributed by atoms with Crippen molar-refractivity contribution >= 4 is 27.1 Å². The molecule has 0 bridgehead atoms. The van der Waals surface area contributed by atoms with Gasteiger partial charge in [-0.2, -0.15) is 0 Å². The Kier molecular flexibility index (Phi) is 2.98. The van der Waals surface area contributed by atoms with E-state index in [1.807, 2.05) is 29.7 Å². The molecular weight excluding hydrogens is 306 g/mol. The van der Waals surface area contributed by atoms with Gasteiger partial charge in [-0.15, -0.1) is 0 Å². The number of nitrogens with zero attached hydrogens (tertiary/aromatic N) is 3. The third kappa shape index (κ3) is 2.00. The maximum Gasteiger partial charge on any atom is 0.160 e. The molecule has 0 aliphatic carbocycles. The summed E-state index contributed by atoms with van der Waals surface area (Å²) in [5, 5.41) is 10.0. The van der Waals surface area contributed by atoms with Crippen LogP contribution in [0.2, 0.25) is 0 Å². The van der Waals surface area contributed by atoms with E-state index >= 15 is 0 Å². The molecule has 3 aromatic rings. The number of rotatable bonds is 2. The van der Waals surface area contributed by atoms with Crippen LogP contribution in [0.1, 0.15) is 6.92 Å². The van der Waals surface area contributed by atoms with Gasteiger partial charge < -0.3 is 9.67 Å². The molecule has 0 spiro atoms. The zero-order valence-corrected chi connectivity index (χ0v) is 11.9. The highest BCUT2D eigenvalue weighted by molar-refractivity contribution is 9.10. The van der Waals surface area contributed by atoms with Gasteiger partial charge in [0, 0.05) is 17.2 Å². The number of pyridine rings is 1. The number of fused-ring (bicyclic) bond motifs is 1. The van der Waals surface area contributed by atoms with Crippen LogP contribution in [0.25, 0.3) is 22.6 Å². The molecule has 4 nitrogen and oxygen atoms in total. The quantitative estimate of drug-likeness (QED) is 0.785. The molecule has 96 valence electrons. The standard InChI is InChI=1S/C14H12BrN3O/c1-2-18-13(10-8-9(15)5-6-12(10)19)17-11-4-3-7-16-14(11)18/h3-8,19H,2H2,1H3. The number of aromatic hydroxyl groups is 1. The maximum absolute atomic E-state index is 10.0. The summed E-state index contributed by atoms with van der Waals surface area (Å²) in [5.74, 6) is 0.947. The van der Waals surface area contributed by atoms with Crippen molar-refractivity contribution in [1.82, 2.24) is 14.5 Å². The van der Waals surface area contributed by atoms with E-state index in [1.165, 1.54) is 0 Å². The van der Waals surface area contributed by atoms with Crippen molar-refractivity contribution in [2.45, 2.75) is 13.5 Å². The zero-order chi connectivity index (χ0) is 13.4. The van der Waals surface area contributed by atoms with Crippen molar-refractivity contribution in [1.29, 1.82) is 0 Å². The number of benzene rings is 1. The second kappa shape index (κ2) is 4.66. The first-order valence-electron chi connectivity index (χ1n) is 6.01. The second-order valence-electron chi connectivity index (χ2n) is 4.19. The minimum absolute atomic E-state index is 0.216. The molecule has 5 heteroatoms. The van der Waals surface area contributed by atoms with Gasteiger partial charge in [0.1, 0.15) is 17.1 Å². The molecule has 2 heterocycles. The monoisotopic (exact) mass is 317 g/mol. The summed E-state index contributed by atoms with van der Waals surface area (Å²) < 4.78 is 2.90. The highest BCUT2D eigenvalue weighted by atomic mass is 79.9. The van der Waals surface area contributed by atoms with E-state index in [9.17, 15) is 5.11 Å². The summed E-state index contributed by atoms with van der Waals surface area (Å²) in [4.78, 5) is 8.93. The topological polar surface area (TPSA) is 50.9 Å². The lowest BCUT2D eigenvalue weighted by Crippen LogP contribution is -1.98. The summed E-state index contributed by atoms with van der Waals surface area (Å²) >= 11 is 3.42. The van der Waals surface area contributed by atoms with Gasteiger partial charge in [0.15, 0.2) is 5.65 Å². The minimum Gasteiger partial charge on any atom is -0.507 e. The number of hydrogen-bond acceptors (Lipinski definition) is 3. The Bertz CT molecular complexity index is 752. The molecule has 1 N–H and O–H groups in total. The van der Waals surface area contributed by atoms with Crippen LogP contribution < -0.4 is 0 Å². The SMILES string of the molecule is CCn1c(-c2cc(Br)ccc2O)nc2cccnc21. The van der Waals surface area contributed by atoms with Gasteiger partial charge in [-0.25, -0.2) is 9.97 Å². The second-order valence-corrected chi connectivity index (χ2v) is 5.10. The van der Waals surface area contributed by atoms with Crippen LogP contribution >= 0.6 is 15.9 Å². The average Bonchev–Trinajstić information content (AvgIpc) is 2.79. The van der Waals surface area contributed by atoms with Gasteiger partial charge in [0.2, 0.25) is 0 Å². The molecular formula is C14H12BrN3O. The number of phenolic OH excluding ortho intramolecular Hbond substituents is 1. The molecule has 3 rings (SSSR count). The van der Waals surface area contributed by atoms with Gasteiger partial charge in [0.25, 0.3) is 0 Å². The van der Waals surface area contributed by atoms with Crippen molar-refractivity contribution in [3.63, 3.8) is 0 Å². The lowest BCUT2D eigenvalue weighted by atomic mass is 10.2. The largest absolute Gasteiger partial charge is 0.507 e. The van der Waals surface area contributed by atoms with Crippen LogP contribution in [-0.2, 0) is 6.54 Å². The summed E-state index contributed by atoms with van der Waals surface area (Å²) in [7, 11) is 0. The summed E-state index contributed by atoms with van der Waals surface area (Å²) in [6.07, 6.45) is 1.75. The fraction of sp³-hybridized carbons (Fsp3) is 0.143.